The molecule has 0 radical (unpaired) electrons. The number of nitrogens with zero attached hydrogens (tertiary/aromatic N) is 1. The van der Waals surface area contributed by atoms with Gasteiger partial charge < -0.3 is 15.0 Å². The van der Waals surface area contributed by atoms with Crippen LogP contribution in [0.2, 0.25) is 0 Å². The van der Waals surface area contributed by atoms with Crippen LogP contribution in [0.4, 0.5) is 28.9 Å². The molecule has 1 fully saturated rings. The van der Waals surface area contributed by atoms with Crippen LogP contribution in [0.5, 0.6) is 0 Å². The molecule has 1 aromatic carbocycles. The van der Waals surface area contributed by atoms with Crippen molar-refractivity contribution in [3.05, 3.63) is 23.3 Å². The molecule has 0 saturated carbocycles. The molecule has 7 nitrogen and oxygen atoms in total. The largest absolute Gasteiger partial charge is 0.372 e. The fourth-order valence-corrected chi connectivity index (χ4v) is 4.25. The Kier molecular flexibility index (Phi) is 8.74. The van der Waals surface area contributed by atoms with Crippen LogP contribution in [0.15, 0.2) is 0 Å². The van der Waals surface area contributed by atoms with Crippen LogP contribution in [0.3, 0.4) is 0 Å². The maximum atomic E-state index is 14.7. The van der Waals surface area contributed by atoms with E-state index in [4.69, 9.17) is 4.74 Å². The third-order valence-corrected chi connectivity index (χ3v) is 7.37. The van der Waals surface area contributed by atoms with Gasteiger partial charge in [-0.15, -0.1) is 0 Å². The van der Waals surface area contributed by atoms with E-state index >= 15 is 0 Å². The molecule has 0 spiro atoms. The second kappa shape index (κ2) is 10.6. The molecule has 33 heavy (non-hydrogen) atoms. The molecule has 0 bridgehead atoms. The molecule has 1 amide bonds. The highest BCUT2D eigenvalue weighted by Crippen LogP contribution is 2.35. The van der Waals surface area contributed by atoms with E-state index in [9.17, 15) is 30.8 Å². The first-order valence-corrected chi connectivity index (χ1v) is 12.2. The van der Waals surface area contributed by atoms with Crippen LogP contribution in [-0.4, -0.2) is 50.9 Å². The lowest BCUT2D eigenvalue weighted by Crippen LogP contribution is -2.46. The molecular weight excluding hydrogens is 466 g/mol. The topological polar surface area (TPSA) is 87.7 Å². The minimum absolute atomic E-state index is 0.0434. The molecule has 2 rings (SSSR count). The molecule has 1 aromatic rings. The first-order chi connectivity index (χ1) is 15.2. The van der Waals surface area contributed by atoms with Gasteiger partial charge in [-0.3, -0.25) is 4.79 Å². The zero-order valence-corrected chi connectivity index (χ0v) is 20.2. The van der Waals surface area contributed by atoms with E-state index in [1.807, 2.05) is 5.32 Å². The predicted octanol–water partition coefficient (Wildman–Crippen LogP) is 3.68. The van der Waals surface area contributed by atoms with Crippen LogP contribution < -0.4 is 14.9 Å². The van der Waals surface area contributed by atoms with Crippen molar-refractivity contribution in [1.82, 2.24) is 4.72 Å². The Bertz CT molecular complexity index is 944. The van der Waals surface area contributed by atoms with Crippen LogP contribution in [0.25, 0.3) is 0 Å². The highest BCUT2D eigenvalue weighted by molar-refractivity contribution is 7.90. The summed E-state index contributed by atoms with van der Waals surface area (Å²) in [4.78, 5) is 13.3. The summed E-state index contributed by atoms with van der Waals surface area (Å²) < 4.78 is 89.3. The van der Waals surface area contributed by atoms with Gasteiger partial charge in [0.1, 0.15) is 11.4 Å². The first kappa shape index (κ1) is 27.3. The summed E-state index contributed by atoms with van der Waals surface area (Å²) in [6, 6.07) is 0. The van der Waals surface area contributed by atoms with Gasteiger partial charge in [-0.05, 0) is 47.5 Å². The number of unbranched alkanes of at least 4 members (excludes halogenated alkanes) is 1. The lowest BCUT2D eigenvalue weighted by Gasteiger charge is -2.37. The average molecular weight is 498 g/mol. The summed E-state index contributed by atoms with van der Waals surface area (Å²) in [5, 5.41) is 1.89. The van der Waals surface area contributed by atoms with E-state index in [0.29, 0.717) is 0 Å². The van der Waals surface area contributed by atoms with E-state index in [1.54, 1.807) is 13.8 Å². The predicted molar refractivity (Wildman–Crippen MR) is 118 cm³/mol. The zero-order chi connectivity index (χ0) is 25.1. The van der Waals surface area contributed by atoms with E-state index in [2.05, 4.69) is 4.72 Å². The number of hydrogen-bond acceptors (Lipinski definition) is 5. The van der Waals surface area contributed by atoms with Gasteiger partial charge in [0.05, 0.1) is 17.0 Å². The summed E-state index contributed by atoms with van der Waals surface area (Å²) in [5.74, 6) is -7.43. The molecule has 1 heterocycles. The molecule has 2 unspecified atom stereocenters. The zero-order valence-electron chi connectivity index (χ0n) is 19.4. The van der Waals surface area contributed by atoms with E-state index in [1.165, 1.54) is 25.7 Å². The maximum Gasteiger partial charge on any atom is 0.224 e. The number of benzene rings is 1. The second-order valence-corrected chi connectivity index (χ2v) is 11.7. The third-order valence-electron chi connectivity index (χ3n) is 5.17. The van der Waals surface area contributed by atoms with Crippen LogP contribution in [-0.2, 0) is 19.6 Å². The molecule has 2 N–H and O–H groups in total. The highest BCUT2D eigenvalue weighted by Gasteiger charge is 2.33. The molecule has 1 aliphatic heterocycles. The van der Waals surface area contributed by atoms with Crippen molar-refractivity contribution in [3.8, 4) is 0 Å². The minimum Gasteiger partial charge on any atom is -0.372 e. The highest BCUT2D eigenvalue weighted by atomic mass is 32.2. The van der Waals surface area contributed by atoms with Crippen molar-refractivity contribution in [3.63, 3.8) is 0 Å². The van der Waals surface area contributed by atoms with E-state index in [-0.39, 0.29) is 38.9 Å². The Morgan fingerprint density at radius 1 is 1.00 bits per heavy atom. The lowest BCUT2D eigenvalue weighted by molar-refractivity contribution is -0.116. The SMILES string of the molecule is CC1CN(c2c(F)c(F)c(NC(=O)CCCCNS(=O)(=O)C(C)(C)C)c(F)c2F)CC(C)O1. The van der Waals surface area contributed by atoms with Crippen molar-refractivity contribution >= 4 is 27.3 Å². The first-order valence-electron chi connectivity index (χ1n) is 10.7. The summed E-state index contributed by atoms with van der Waals surface area (Å²) in [5.41, 5.74) is -2.03. The van der Waals surface area contributed by atoms with Crippen LogP contribution in [0.1, 0.15) is 53.9 Å². The Morgan fingerprint density at radius 2 is 1.52 bits per heavy atom. The summed E-state index contributed by atoms with van der Waals surface area (Å²) in [7, 11) is -3.53. The number of hydrogen-bond donors (Lipinski definition) is 2. The molecule has 0 aromatic heterocycles. The van der Waals surface area contributed by atoms with Gasteiger partial charge in [0.15, 0.2) is 23.3 Å². The van der Waals surface area contributed by atoms with Gasteiger partial charge in [0.2, 0.25) is 15.9 Å². The Labute approximate surface area is 191 Å². The molecule has 1 aliphatic rings. The number of carbonyl (C=O) groups excluding carboxylic acids is 1. The summed E-state index contributed by atoms with van der Waals surface area (Å²) in [6.45, 7) is 8.12. The van der Waals surface area contributed by atoms with Crippen molar-refractivity contribution < 1.29 is 35.5 Å². The van der Waals surface area contributed by atoms with Gasteiger partial charge in [-0.1, -0.05) is 0 Å². The lowest BCUT2D eigenvalue weighted by atomic mass is 10.1. The maximum absolute atomic E-state index is 14.7. The Balaban J connectivity index is 2.03. The second-order valence-electron chi connectivity index (χ2n) is 9.16. The van der Waals surface area contributed by atoms with E-state index < -0.39 is 67.5 Å². The number of rotatable bonds is 8. The number of sulfonamides is 1. The molecule has 188 valence electrons. The van der Waals surface area contributed by atoms with E-state index in [0.717, 1.165) is 0 Å². The third kappa shape index (κ3) is 6.57. The fourth-order valence-electron chi connectivity index (χ4n) is 3.40. The number of anilines is 2. The van der Waals surface area contributed by atoms with Crippen molar-refractivity contribution in [2.75, 3.05) is 29.9 Å². The number of amides is 1. The van der Waals surface area contributed by atoms with Crippen molar-refractivity contribution in [2.45, 2.75) is 70.8 Å². The normalized spacial score (nSPS) is 19.6. The van der Waals surface area contributed by atoms with Crippen molar-refractivity contribution in [1.29, 1.82) is 0 Å². The Morgan fingerprint density at radius 3 is 2.00 bits per heavy atom. The van der Waals surface area contributed by atoms with Gasteiger partial charge in [0.25, 0.3) is 0 Å². The standard InChI is InChI=1S/C21H31F4N3O4S/c1-12-10-28(11-13(2)32-12)20-17(24)15(22)19(16(23)18(20)25)27-14(29)8-6-7-9-26-33(30,31)21(3,4)5/h12-13,26H,6-11H2,1-5H3,(H,27,29). The minimum atomic E-state index is -3.53. The molecular formula is C21H31F4N3O4S. The van der Waals surface area contributed by atoms with Crippen LogP contribution >= 0.6 is 0 Å². The number of nitrogens with one attached hydrogen (secondary N) is 2. The van der Waals surface area contributed by atoms with Crippen molar-refractivity contribution in [2.24, 2.45) is 0 Å². The molecule has 0 aliphatic carbocycles. The molecule has 1 saturated heterocycles. The van der Waals surface area contributed by atoms with Gasteiger partial charge in [0, 0.05) is 26.1 Å². The fraction of sp³-hybridized carbons (Fsp3) is 0.667. The smallest absolute Gasteiger partial charge is 0.224 e. The summed E-state index contributed by atoms with van der Waals surface area (Å²) in [6.07, 6.45) is -0.548. The monoisotopic (exact) mass is 497 g/mol. The number of ether oxygens (including phenoxy) is 1. The number of morpholine rings is 1. The van der Waals surface area contributed by atoms with Gasteiger partial charge >= 0.3 is 0 Å². The Hall–Kier alpha value is -1.92. The van der Waals surface area contributed by atoms with Crippen LogP contribution in [0, 0.1) is 23.3 Å². The van der Waals surface area contributed by atoms with Gasteiger partial charge in [-0.25, -0.2) is 30.7 Å². The average Bonchev–Trinajstić information content (AvgIpc) is 2.68. The molecule has 12 heteroatoms. The summed E-state index contributed by atoms with van der Waals surface area (Å²) >= 11 is 0. The quantitative estimate of drug-likeness (QED) is 0.325. The number of halogens is 4. The number of carbonyl (C=O) groups is 1. The molecule has 2 atom stereocenters. The van der Waals surface area contributed by atoms with Gasteiger partial charge in [-0.2, -0.15) is 0 Å².